The van der Waals surface area contributed by atoms with Gasteiger partial charge in [0.1, 0.15) is 11.5 Å². The first-order valence-electron chi connectivity index (χ1n) is 9.38. The summed E-state index contributed by atoms with van der Waals surface area (Å²) in [5.74, 6) is -0.639. The van der Waals surface area contributed by atoms with E-state index in [1.165, 1.54) is 31.6 Å². The number of aromatic nitrogens is 3. The summed E-state index contributed by atoms with van der Waals surface area (Å²) in [6, 6.07) is 11.2. The average Bonchev–Trinajstić information content (AvgIpc) is 3.11. The molecule has 0 spiro atoms. The van der Waals surface area contributed by atoms with Crippen LogP contribution in [0.15, 0.2) is 66.0 Å². The molecule has 158 valence electrons. The van der Waals surface area contributed by atoms with Gasteiger partial charge in [-0.1, -0.05) is 12.1 Å². The number of benzene rings is 1. The molecule has 0 aliphatic heterocycles. The van der Waals surface area contributed by atoms with Crippen LogP contribution < -0.4 is 5.32 Å². The van der Waals surface area contributed by atoms with E-state index in [4.69, 9.17) is 0 Å². The number of rotatable bonds is 5. The van der Waals surface area contributed by atoms with E-state index in [1.54, 1.807) is 36.5 Å². The normalized spacial score (nSPS) is 11.6. The SMILES string of the molecule is CNC(=O)c1cnccc1-c1cc2cc(S(C)(=O)=O)cnc2n1Cc1ccc(F)cc1. The van der Waals surface area contributed by atoms with Crippen molar-refractivity contribution in [1.29, 1.82) is 0 Å². The van der Waals surface area contributed by atoms with E-state index in [0.29, 0.717) is 34.4 Å². The number of carbonyl (C=O) groups is 1. The Morgan fingerprint density at radius 1 is 1.13 bits per heavy atom. The number of nitrogens with one attached hydrogen (secondary N) is 1. The van der Waals surface area contributed by atoms with Crippen molar-refractivity contribution in [2.24, 2.45) is 0 Å². The van der Waals surface area contributed by atoms with Crippen LogP contribution in [0.1, 0.15) is 15.9 Å². The molecule has 1 amide bonds. The van der Waals surface area contributed by atoms with Gasteiger partial charge in [-0.3, -0.25) is 9.78 Å². The number of pyridine rings is 2. The summed E-state index contributed by atoms with van der Waals surface area (Å²) in [6.45, 7) is 0.347. The van der Waals surface area contributed by atoms with Crippen molar-refractivity contribution in [3.63, 3.8) is 0 Å². The number of nitrogens with zero attached hydrogens (tertiary/aromatic N) is 3. The van der Waals surface area contributed by atoms with Crippen LogP contribution >= 0.6 is 0 Å². The number of fused-ring (bicyclic) bond motifs is 1. The summed E-state index contributed by atoms with van der Waals surface area (Å²) in [5, 5.41) is 3.22. The summed E-state index contributed by atoms with van der Waals surface area (Å²) in [7, 11) is -1.90. The number of halogens is 1. The maximum Gasteiger partial charge on any atom is 0.253 e. The number of hydrogen-bond donors (Lipinski definition) is 1. The largest absolute Gasteiger partial charge is 0.355 e. The van der Waals surface area contributed by atoms with Crippen LogP contribution in [-0.2, 0) is 16.4 Å². The monoisotopic (exact) mass is 438 g/mol. The van der Waals surface area contributed by atoms with Gasteiger partial charge < -0.3 is 9.88 Å². The molecule has 9 heteroatoms. The second-order valence-electron chi connectivity index (χ2n) is 7.10. The molecule has 31 heavy (non-hydrogen) atoms. The summed E-state index contributed by atoms with van der Waals surface area (Å²) < 4.78 is 39.2. The van der Waals surface area contributed by atoms with E-state index < -0.39 is 9.84 Å². The topological polar surface area (TPSA) is 93.9 Å². The highest BCUT2D eigenvalue weighted by atomic mass is 32.2. The lowest BCUT2D eigenvalue weighted by Gasteiger charge is -2.13. The Morgan fingerprint density at radius 2 is 1.87 bits per heavy atom. The third-order valence-corrected chi connectivity index (χ3v) is 6.04. The molecule has 1 aromatic carbocycles. The van der Waals surface area contributed by atoms with Crippen molar-refractivity contribution in [3.05, 3.63) is 78.0 Å². The third kappa shape index (κ3) is 4.04. The molecule has 4 aromatic rings. The molecular weight excluding hydrogens is 419 g/mol. The van der Waals surface area contributed by atoms with E-state index in [2.05, 4.69) is 15.3 Å². The minimum absolute atomic E-state index is 0.103. The summed E-state index contributed by atoms with van der Waals surface area (Å²) in [6.07, 6.45) is 5.49. The van der Waals surface area contributed by atoms with Crippen LogP contribution in [0.25, 0.3) is 22.3 Å². The van der Waals surface area contributed by atoms with Crippen molar-refractivity contribution < 1.29 is 17.6 Å². The molecule has 0 fully saturated rings. The lowest BCUT2D eigenvalue weighted by Crippen LogP contribution is -2.19. The van der Waals surface area contributed by atoms with Crippen molar-refractivity contribution in [3.8, 4) is 11.3 Å². The van der Waals surface area contributed by atoms with Crippen molar-refractivity contribution in [2.45, 2.75) is 11.4 Å². The van der Waals surface area contributed by atoms with Gasteiger partial charge in [0.15, 0.2) is 9.84 Å². The number of amides is 1. The molecule has 0 radical (unpaired) electrons. The molecule has 0 bridgehead atoms. The zero-order valence-electron chi connectivity index (χ0n) is 16.8. The van der Waals surface area contributed by atoms with Crippen LogP contribution in [0.5, 0.6) is 0 Å². The Balaban J connectivity index is 1.97. The van der Waals surface area contributed by atoms with Crippen LogP contribution in [0.2, 0.25) is 0 Å². The van der Waals surface area contributed by atoms with Crippen molar-refractivity contribution >= 4 is 26.8 Å². The fraction of sp³-hybridized carbons (Fsp3) is 0.136. The minimum atomic E-state index is -3.44. The predicted molar refractivity (Wildman–Crippen MR) is 115 cm³/mol. The van der Waals surface area contributed by atoms with Gasteiger partial charge >= 0.3 is 0 Å². The molecule has 7 nitrogen and oxygen atoms in total. The third-order valence-electron chi connectivity index (χ3n) is 4.96. The van der Waals surface area contributed by atoms with Gasteiger partial charge in [-0.15, -0.1) is 0 Å². The van der Waals surface area contributed by atoms with Crippen LogP contribution in [-0.4, -0.2) is 42.2 Å². The number of carbonyl (C=O) groups excluding carboxylic acids is 1. The lowest BCUT2D eigenvalue weighted by molar-refractivity contribution is 0.0963. The highest BCUT2D eigenvalue weighted by molar-refractivity contribution is 7.90. The Kier molecular flexibility index (Phi) is 5.28. The molecule has 0 saturated heterocycles. The molecule has 4 rings (SSSR count). The second kappa shape index (κ2) is 7.92. The van der Waals surface area contributed by atoms with Gasteiger partial charge in [-0.2, -0.15) is 0 Å². The molecule has 3 heterocycles. The van der Waals surface area contributed by atoms with Gasteiger partial charge in [-0.25, -0.2) is 17.8 Å². The number of hydrogen-bond acceptors (Lipinski definition) is 5. The van der Waals surface area contributed by atoms with Gasteiger partial charge in [0, 0.05) is 49.4 Å². The summed E-state index contributed by atoms with van der Waals surface area (Å²) in [4.78, 5) is 21.0. The highest BCUT2D eigenvalue weighted by Crippen LogP contribution is 2.31. The van der Waals surface area contributed by atoms with Gasteiger partial charge in [0.2, 0.25) is 0 Å². The average molecular weight is 438 g/mol. The lowest BCUT2D eigenvalue weighted by atomic mass is 10.1. The van der Waals surface area contributed by atoms with Crippen LogP contribution in [0.4, 0.5) is 4.39 Å². The Morgan fingerprint density at radius 3 is 2.55 bits per heavy atom. The first-order chi connectivity index (χ1) is 14.8. The molecule has 1 N–H and O–H groups in total. The van der Waals surface area contributed by atoms with E-state index in [1.807, 2.05) is 4.57 Å². The predicted octanol–water partition coefficient (Wildman–Crippen LogP) is 3.05. The highest BCUT2D eigenvalue weighted by Gasteiger charge is 2.19. The molecule has 0 saturated carbocycles. The smallest absolute Gasteiger partial charge is 0.253 e. The standard InChI is InChI=1S/C22H19FN4O3S/c1-24-22(28)19-12-25-8-7-18(19)20-10-15-9-17(31(2,29)30)11-26-21(15)27(20)13-14-3-5-16(23)6-4-14/h3-12H,13H2,1-2H3,(H,24,28). The quantitative estimate of drug-likeness (QED) is 0.517. The number of sulfone groups is 1. The first kappa shape index (κ1) is 20.7. The van der Waals surface area contributed by atoms with Gasteiger partial charge in [0.25, 0.3) is 5.91 Å². The van der Waals surface area contributed by atoms with Crippen molar-refractivity contribution in [1.82, 2.24) is 19.9 Å². The van der Waals surface area contributed by atoms with E-state index in [9.17, 15) is 17.6 Å². The maximum absolute atomic E-state index is 13.4. The second-order valence-corrected chi connectivity index (χ2v) is 9.11. The summed E-state index contributed by atoms with van der Waals surface area (Å²) in [5.41, 5.74) is 3.03. The van der Waals surface area contributed by atoms with E-state index in [-0.39, 0.29) is 16.6 Å². The molecular formula is C22H19FN4O3S. The minimum Gasteiger partial charge on any atom is -0.355 e. The molecule has 0 unspecified atom stereocenters. The zero-order chi connectivity index (χ0) is 22.2. The van der Waals surface area contributed by atoms with Gasteiger partial charge in [0.05, 0.1) is 16.2 Å². The molecule has 0 aliphatic rings. The maximum atomic E-state index is 13.4. The Labute approximate surface area is 178 Å². The van der Waals surface area contributed by atoms with E-state index in [0.717, 1.165) is 11.8 Å². The molecule has 0 aliphatic carbocycles. The van der Waals surface area contributed by atoms with E-state index >= 15 is 0 Å². The molecule has 3 aromatic heterocycles. The summed E-state index contributed by atoms with van der Waals surface area (Å²) >= 11 is 0. The Hall–Kier alpha value is -3.59. The fourth-order valence-corrected chi connectivity index (χ4v) is 4.00. The Bertz CT molecular complexity index is 1400. The van der Waals surface area contributed by atoms with Crippen molar-refractivity contribution in [2.75, 3.05) is 13.3 Å². The zero-order valence-corrected chi connectivity index (χ0v) is 17.6. The van der Waals surface area contributed by atoms with Gasteiger partial charge in [-0.05, 0) is 35.9 Å². The first-order valence-corrected chi connectivity index (χ1v) is 11.3. The van der Waals surface area contributed by atoms with Crippen LogP contribution in [0.3, 0.4) is 0 Å². The fourth-order valence-electron chi connectivity index (χ4n) is 3.42. The molecule has 0 atom stereocenters. The van der Waals surface area contributed by atoms with Crippen LogP contribution in [0, 0.1) is 5.82 Å².